The summed E-state index contributed by atoms with van der Waals surface area (Å²) in [5, 5.41) is 0.531. The molecule has 0 radical (unpaired) electrons. The van der Waals surface area contributed by atoms with Gasteiger partial charge in [-0.05, 0) is 38.5 Å². The summed E-state index contributed by atoms with van der Waals surface area (Å²) in [5.74, 6) is 0.375. The predicted octanol–water partition coefficient (Wildman–Crippen LogP) is 4.75. The van der Waals surface area contributed by atoms with Crippen molar-refractivity contribution in [3.05, 3.63) is 60.2 Å². The molecule has 5 heteroatoms. The number of amides is 1. The van der Waals surface area contributed by atoms with Gasteiger partial charge in [0.1, 0.15) is 5.52 Å². The minimum absolute atomic E-state index is 0.0728. The summed E-state index contributed by atoms with van der Waals surface area (Å²) in [6.45, 7) is 6.76. The highest BCUT2D eigenvalue weighted by Crippen LogP contribution is 2.25. The maximum absolute atomic E-state index is 12.8. The summed E-state index contributed by atoms with van der Waals surface area (Å²) in [6.07, 6.45) is 0. The van der Waals surface area contributed by atoms with Crippen LogP contribution in [0.4, 0.5) is 0 Å². The van der Waals surface area contributed by atoms with Crippen LogP contribution in [0.3, 0.4) is 0 Å². The highest BCUT2D eigenvalue weighted by Gasteiger charge is 2.26. The summed E-state index contributed by atoms with van der Waals surface area (Å²) in [4.78, 5) is 19.1. The Labute approximate surface area is 152 Å². The number of carbonyl (C=O) groups is 1. The molecule has 130 valence electrons. The second kappa shape index (κ2) is 7.31. The van der Waals surface area contributed by atoms with E-state index in [0.29, 0.717) is 17.5 Å². The van der Waals surface area contributed by atoms with Crippen LogP contribution in [0.2, 0.25) is 0 Å². The molecule has 0 aliphatic heterocycles. The van der Waals surface area contributed by atoms with E-state index in [1.807, 2.05) is 59.5 Å². The lowest BCUT2D eigenvalue weighted by Crippen LogP contribution is -2.45. The Bertz CT molecular complexity index is 820. The van der Waals surface area contributed by atoms with Crippen molar-refractivity contribution in [1.29, 1.82) is 0 Å². The van der Waals surface area contributed by atoms with Gasteiger partial charge in [-0.15, -0.1) is 0 Å². The van der Waals surface area contributed by atoms with Crippen molar-refractivity contribution >= 4 is 28.8 Å². The minimum atomic E-state index is -0.255. The van der Waals surface area contributed by atoms with Crippen LogP contribution >= 0.6 is 11.8 Å². The van der Waals surface area contributed by atoms with Gasteiger partial charge in [0.25, 0.3) is 5.22 Å². The average molecular weight is 354 g/mol. The molecule has 1 amide bonds. The molecule has 1 aromatic heterocycles. The standard InChI is InChI=1S/C20H22N2O2S/c1-20(2,3)22(13-15-9-5-4-6-10-15)18(23)14-25-19-21-16-11-7-8-12-17(16)24-19/h4-12H,13-14H2,1-3H3. The number of oxazole rings is 1. The van der Waals surface area contributed by atoms with Crippen LogP contribution < -0.4 is 0 Å². The number of thioether (sulfide) groups is 1. The number of carbonyl (C=O) groups excluding carboxylic acids is 1. The summed E-state index contributed by atoms with van der Waals surface area (Å²) >= 11 is 1.34. The molecule has 0 fully saturated rings. The predicted molar refractivity (Wildman–Crippen MR) is 101 cm³/mol. The first-order valence-corrected chi connectivity index (χ1v) is 9.25. The van der Waals surface area contributed by atoms with Crippen molar-refractivity contribution in [3.63, 3.8) is 0 Å². The Hall–Kier alpha value is -2.27. The number of fused-ring (bicyclic) bond motifs is 1. The molecule has 3 rings (SSSR count). The van der Waals surface area contributed by atoms with Crippen LogP contribution in [0.5, 0.6) is 0 Å². The van der Waals surface area contributed by atoms with Crippen LogP contribution in [-0.2, 0) is 11.3 Å². The van der Waals surface area contributed by atoms with Crippen LogP contribution in [-0.4, -0.2) is 27.1 Å². The van der Waals surface area contributed by atoms with E-state index in [9.17, 15) is 4.79 Å². The lowest BCUT2D eigenvalue weighted by atomic mass is 10.0. The molecular formula is C20H22N2O2S. The van der Waals surface area contributed by atoms with Crippen LogP contribution in [0.25, 0.3) is 11.1 Å². The fraction of sp³-hybridized carbons (Fsp3) is 0.300. The van der Waals surface area contributed by atoms with Gasteiger partial charge in [0.2, 0.25) is 5.91 Å². The first kappa shape index (κ1) is 17.5. The number of para-hydroxylation sites is 2. The van der Waals surface area contributed by atoms with Crippen molar-refractivity contribution in [3.8, 4) is 0 Å². The summed E-state index contributed by atoms with van der Waals surface area (Å²) in [5.41, 5.74) is 2.43. The molecule has 0 aliphatic carbocycles. The third kappa shape index (κ3) is 4.42. The largest absolute Gasteiger partial charge is 0.431 e. The number of benzene rings is 2. The van der Waals surface area contributed by atoms with Crippen molar-refractivity contribution in [1.82, 2.24) is 9.88 Å². The highest BCUT2D eigenvalue weighted by molar-refractivity contribution is 7.99. The second-order valence-corrected chi connectivity index (χ2v) is 7.80. The molecular weight excluding hydrogens is 332 g/mol. The van der Waals surface area contributed by atoms with Crippen LogP contribution in [0.1, 0.15) is 26.3 Å². The van der Waals surface area contributed by atoms with Gasteiger partial charge in [-0.2, -0.15) is 0 Å². The first-order chi connectivity index (χ1) is 11.9. The number of hydrogen-bond acceptors (Lipinski definition) is 4. The van der Waals surface area contributed by atoms with Crippen molar-refractivity contribution < 1.29 is 9.21 Å². The summed E-state index contributed by atoms with van der Waals surface area (Å²) in [6, 6.07) is 17.7. The zero-order valence-corrected chi connectivity index (χ0v) is 15.5. The fourth-order valence-corrected chi connectivity index (χ4v) is 3.29. The number of aromatic nitrogens is 1. The molecule has 0 saturated heterocycles. The zero-order chi connectivity index (χ0) is 17.9. The number of hydrogen-bond donors (Lipinski definition) is 0. The second-order valence-electron chi connectivity index (χ2n) is 6.87. The van der Waals surface area contributed by atoms with Crippen molar-refractivity contribution in [2.75, 3.05) is 5.75 Å². The molecule has 0 N–H and O–H groups in total. The monoisotopic (exact) mass is 354 g/mol. The van der Waals surface area contributed by atoms with E-state index in [2.05, 4.69) is 25.8 Å². The van der Waals surface area contributed by atoms with E-state index in [1.165, 1.54) is 11.8 Å². The van der Waals surface area contributed by atoms with Gasteiger partial charge in [-0.25, -0.2) is 4.98 Å². The third-order valence-electron chi connectivity index (χ3n) is 3.89. The molecule has 0 aliphatic rings. The molecule has 0 atom stereocenters. The van der Waals surface area contributed by atoms with Crippen LogP contribution in [0, 0.1) is 0 Å². The normalized spacial score (nSPS) is 11.6. The van der Waals surface area contributed by atoms with Gasteiger partial charge in [-0.1, -0.05) is 54.2 Å². The summed E-state index contributed by atoms with van der Waals surface area (Å²) < 4.78 is 5.68. The zero-order valence-electron chi connectivity index (χ0n) is 14.7. The molecule has 0 saturated carbocycles. The van der Waals surface area contributed by atoms with E-state index in [-0.39, 0.29) is 11.4 Å². The van der Waals surface area contributed by atoms with E-state index >= 15 is 0 Å². The maximum atomic E-state index is 12.8. The maximum Gasteiger partial charge on any atom is 0.257 e. The molecule has 25 heavy (non-hydrogen) atoms. The number of rotatable bonds is 5. The fourth-order valence-electron chi connectivity index (χ4n) is 2.58. The molecule has 2 aromatic carbocycles. The van der Waals surface area contributed by atoms with E-state index < -0.39 is 0 Å². The van der Waals surface area contributed by atoms with Gasteiger partial charge >= 0.3 is 0 Å². The Balaban J connectivity index is 1.69. The Morgan fingerprint density at radius 1 is 1.08 bits per heavy atom. The summed E-state index contributed by atoms with van der Waals surface area (Å²) in [7, 11) is 0. The SMILES string of the molecule is CC(C)(C)N(Cc1ccccc1)C(=O)CSc1nc2ccccc2o1. The third-order valence-corrected chi connectivity index (χ3v) is 4.70. The topological polar surface area (TPSA) is 46.3 Å². The molecule has 3 aromatic rings. The van der Waals surface area contributed by atoms with Gasteiger partial charge in [0.05, 0.1) is 5.75 Å². The number of nitrogens with zero attached hydrogens (tertiary/aromatic N) is 2. The lowest BCUT2D eigenvalue weighted by Gasteiger charge is -2.35. The van der Waals surface area contributed by atoms with Gasteiger partial charge in [-0.3, -0.25) is 4.79 Å². The van der Waals surface area contributed by atoms with Crippen molar-refractivity contribution in [2.45, 2.75) is 38.1 Å². The Morgan fingerprint density at radius 2 is 1.76 bits per heavy atom. The smallest absolute Gasteiger partial charge is 0.257 e. The molecule has 0 bridgehead atoms. The van der Waals surface area contributed by atoms with Gasteiger partial charge < -0.3 is 9.32 Å². The van der Waals surface area contributed by atoms with E-state index in [0.717, 1.165) is 16.7 Å². The van der Waals surface area contributed by atoms with Crippen molar-refractivity contribution in [2.24, 2.45) is 0 Å². The first-order valence-electron chi connectivity index (χ1n) is 8.26. The Morgan fingerprint density at radius 3 is 2.44 bits per heavy atom. The lowest BCUT2D eigenvalue weighted by molar-refractivity contribution is -0.133. The van der Waals surface area contributed by atoms with Crippen LogP contribution in [0.15, 0.2) is 64.2 Å². The molecule has 0 spiro atoms. The average Bonchev–Trinajstić information content (AvgIpc) is 3.00. The molecule has 1 heterocycles. The highest BCUT2D eigenvalue weighted by atomic mass is 32.2. The minimum Gasteiger partial charge on any atom is -0.431 e. The van der Waals surface area contributed by atoms with E-state index in [4.69, 9.17) is 4.42 Å². The molecule has 0 unspecified atom stereocenters. The van der Waals surface area contributed by atoms with Gasteiger partial charge in [0.15, 0.2) is 5.58 Å². The van der Waals surface area contributed by atoms with E-state index in [1.54, 1.807) is 0 Å². The van der Waals surface area contributed by atoms with Gasteiger partial charge in [0, 0.05) is 12.1 Å². The quantitative estimate of drug-likeness (QED) is 0.621. The Kier molecular flexibility index (Phi) is 5.13. The molecule has 4 nitrogen and oxygen atoms in total.